The van der Waals surface area contributed by atoms with Gasteiger partial charge in [-0.05, 0) is 82.3 Å². The standard InChI is InChI=1S/C20H29NO2/c1-14-11-16(3)18(12-15(14)2)20(22)23-13-17-7-6-10-21-9-5-4-8-19(17)21/h11-12,17,19H,4-10,13H2,1-3H3/t17-,19-/m1/s1. The van der Waals surface area contributed by atoms with E-state index in [1.165, 1.54) is 50.8 Å². The van der Waals surface area contributed by atoms with Gasteiger partial charge in [0.05, 0.1) is 12.2 Å². The molecule has 3 heteroatoms. The molecule has 1 aromatic carbocycles. The highest BCUT2D eigenvalue weighted by Crippen LogP contribution is 2.31. The Morgan fingerprint density at radius 3 is 2.61 bits per heavy atom. The van der Waals surface area contributed by atoms with E-state index >= 15 is 0 Å². The van der Waals surface area contributed by atoms with Crippen LogP contribution >= 0.6 is 0 Å². The second kappa shape index (κ2) is 7.04. The first-order valence-electron chi connectivity index (χ1n) is 9.05. The molecule has 2 aliphatic rings. The molecule has 2 saturated heterocycles. The number of rotatable bonds is 3. The molecule has 2 atom stereocenters. The third kappa shape index (κ3) is 3.60. The number of benzene rings is 1. The van der Waals surface area contributed by atoms with Crippen LogP contribution in [0.25, 0.3) is 0 Å². The van der Waals surface area contributed by atoms with Gasteiger partial charge in [0.15, 0.2) is 0 Å². The molecular formula is C20H29NO2. The molecule has 0 aliphatic carbocycles. The first-order chi connectivity index (χ1) is 11.1. The van der Waals surface area contributed by atoms with Crippen molar-refractivity contribution >= 4 is 5.97 Å². The van der Waals surface area contributed by atoms with E-state index in [1.54, 1.807) is 0 Å². The number of carbonyl (C=O) groups is 1. The van der Waals surface area contributed by atoms with Gasteiger partial charge in [-0.2, -0.15) is 0 Å². The Hall–Kier alpha value is -1.35. The zero-order valence-electron chi connectivity index (χ0n) is 14.7. The van der Waals surface area contributed by atoms with Gasteiger partial charge >= 0.3 is 5.97 Å². The van der Waals surface area contributed by atoms with Crippen molar-refractivity contribution in [3.8, 4) is 0 Å². The Bertz CT molecular complexity index is 579. The number of esters is 1. The average molecular weight is 315 g/mol. The van der Waals surface area contributed by atoms with Crippen molar-refractivity contribution < 1.29 is 9.53 Å². The molecule has 0 saturated carbocycles. The Kier molecular flexibility index (Phi) is 5.05. The van der Waals surface area contributed by atoms with Gasteiger partial charge < -0.3 is 4.74 Å². The summed E-state index contributed by atoms with van der Waals surface area (Å²) in [6.07, 6.45) is 6.35. The summed E-state index contributed by atoms with van der Waals surface area (Å²) in [6.45, 7) is 9.15. The van der Waals surface area contributed by atoms with Crippen molar-refractivity contribution in [2.45, 2.75) is 58.9 Å². The number of piperidine rings is 2. The van der Waals surface area contributed by atoms with Crippen molar-refractivity contribution in [1.82, 2.24) is 4.90 Å². The minimum Gasteiger partial charge on any atom is -0.462 e. The van der Waals surface area contributed by atoms with E-state index in [-0.39, 0.29) is 5.97 Å². The summed E-state index contributed by atoms with van der Waals surface area (Å²) in [5.41, 5.74) is 4.12. The van der Waals surface area contributed by atoms with Gasteiger partial charge in [0.1, 0.15) is 0 Å². The topological polar surface area (TPSA) is 29.5 Å². The number of carbonyl (C=O) groups excluding carboxylic acids is 1. The second-order valence-corrected chi connectivity index (χ2v) is 7.35. The Balaban J connectivity index is 1.63. The Morgan fingerprint density at radius 2 is 1.78 bits per heavy atom. The van der Waals surface area contributed by atoms with Crippen molar-refractivity contribution in [2.24, 2.45) is 5.92 Å². The number of aryl methyl sites for hydroxylation is 3. The zero-order chi connectivity index (χ0) is 16.4. The molecule has 126 valence electrons. The van der Waals surface area contributed by atoms with Crippen LogP contribution in [0.1, 0.15) is 59.2 Å². The monoisotopic (exact) mass is 315 g/mol. The number of hydrogen-bond donors (Lipinski definition) is 0. The molecule has 0 radical (unpaired) electrons. The minimum absolute atomic E-state index is 0.154. The van der Waals surface area contributed by atoms with Gasteiger partial charge in [-0.15, -0.1) is 0 Å². The molecule has 0 amide bonds. The van der Waals surface area contributed by atoms with Gasteiger partial charge in [0.25, 0.3) is 0 Å². The molecule has 23 heavy (non-hydrogen) atoms. The van der Waals surface area contributed by atoms with Crippen molar-refractivity contribution in [3.05, 3.63) is 34.4 Å². The SMILES string of the molecule is Cc1cc(C)c(C(=O)OC[C@H]2CCCN3CCCC[C@H]23)cc1C. The molecule has 2 heterocycles. The molecule has 0 unspecified atom stereocenters. The highest BCUT2D eigenvalue weighted by atomic mass is 16.5. The predicted octanol–water partition coefficient (Wildman–Crippen LogP) is 4.03. The summed E-state index contributed by atoms with van der Waals surface area (Å²) in [7, 11) is 0. The summed E-state index contributed by atoms with van der Waals surface area (Å²) < 4.78 is 5.73. The van der Waals surface area contributed by atoms with Crippen LogP contribution in [0.2, 0.25) is 0 Å². The van der Waals surface area contributed by atoms with Gasteiger partial charge in [-0.1, -0.05) is 12.5 Å². The van der Waals surface area contributed by atoms with Crippen LogP contribution < -0.4 is 0 Å². The normalized spacial score (nSPS) is 25.0. The van der Waals surface area contributed by atoms with Crippen LogP contribution in [0.15, 0.2) is 12.1 Å². The molecule has 3 rings (SSSR count). The highest BCUT2D eigenvalue weighted by molar-refractivity contribution is 5.91. The van der Waals surface area contributed by atoms with Crippen LogP contribution in [0.4, 0.5) is 0 Å². The molecule has 0 aromatic heterocycles. The van der Waals surface area contributed by atoms with Gasteiger partial charge in [-0.3, -0.25) is 4.90 Å². The summed E-state index contributed by atoms with van der Waals surface area (Å²) in [4.78, 5) is 15.1. The third-order valence-corrected chi connectivity index (χ3v) is 5.72. The lowest BCUT2D eigenvalue weighted by molar-refractivity contribution is 0.00734. The summed E-state index contributed by atoms with van der Waals surface area (Å²) in [6, 6.07) is 4.68. The second-order valence-electron chi connectivity index (χ2n) is 7.35. The first-order valence-corrected chi connectivity index (χ1v) is 9.05. The Morgan fingerprint density at radius 1 is 1.04 bits per heavy atom. The molecule has 0 spiro atoms. The van der Waals surface area contributed by atoms with E-state index in [9.17, 15) is 4.79 Å². The van der Waals surface area contributed by atoms with E-state index < -0.39 is 0 Å². The first kappa shape index (κ1) is 16.5. The van der Waals surface area contributed by atoms with Crippen LogP contribution in [0.5, 0.6) is 0 Å². The minimum atomic E-state index is -0.154. The molecule has 1 aromatic rings. The quantitative estimate of drug-likeness (QED) is 0.789. The summed E-state index contributed by atoms with van der Waals surface area (Å²) in [5.74, 6) is 0.360. The zero-order valence-corrected chi connectivity index (χ0v) is 14.7. The van der Waals surface area contributed by atoms with Crippen LogP contribution in [-0.2, 0) is 4.74 Å². The predicted molar refractivity (Wildman–Crippen MR) is 92.9 cm³/mol. The average Bonchev–Trinajstić information content (AvgIpc) is 2.56. The van der Waals surface area contributed by atoms with Crippen LogP contribution in [-0.4, -0.2) is 36.6 Å². The van der Waals surface area contributed by atoms with Crippen molar-refractivity contribution in [3.63, 3.8) is 0 Å². The van der Waals surface area contributed by atoms with E-state index in [2.05, 4.69) is 17.9 Å². The largest absolute Gasteiger partial charge is 0.462 e. The number of nitrogens with zero attached hydrogens (tertiary/aromatic N) is 1. The summed E-state index contributed by atoms with van der Waals surface area (Å²) in [5, 5.41) is 0. The van der Waals surface area contributed by atoms with E-state index in [1.807, 2.05) is 19.9 Å². The van der Waals surface area contributed by atoms with Gasteiger partial charge in [0.2, 0.25) is 0 Å². The molecule has 0 N–H and O–H groups in total. The van der Waals surface area contributed by atoms with Crippen molar-refractivity contribution in [2.75, 3.05) is 19.7 Å². The smallest absolute Gasteiger partial charge is 0.338 e. The molecule has 2 aliphatic heterocycles. The highest BCUT2D eigenvalue weighted by Gasteiger charge is 2.33. The summed E-state index contributed by atoms with van der Waals surface area (Å²) >= 11 is 0. The van der Waals surface area contributed by atoms with E-state index in [0.29, 0.717) is 18.6 Å². The lowest BCUT2D eigenvalue weighted by Crippen LogP contribution is -2.49. The maximum Gasteiger partial charge on any atom is 0.338 e. The molecule has 0 bridgehead atoms. The van der Waals surface area contributed by atoms with Crippen LogP contribution in [0.3, 0.4) is 0 Å². The van der Waals surface area contributed by atoms with Gasteiger partial charge in [-0.25, -0.2) is 4.79 Å². The van der Waals surface area contributed by atoms with E-state index in [0.717, 1.165) is 16.7 Å². The lowest BCUT2D eigenvalue weighted by atomic mass is 9.84. The Labute approximate surface area is 140 Å². The third-order valence-electron chi connectivity index (χ3n) is 5.72. The number of fused-ring (bicyclic) bond motifs is 1. The van der Waals surface area contributed by atoms with Gasteiger partial charge in [0, 0.05) is 12.0 Å². The maximum absolute atomic E-state index is 12.5. The van der Waals surface area contributed by atoms with Crippen molar-refractivity contribution in [1.29, 1.82) is 0 Å². The maximum atomic E-state index is 12.5. The molecular weight excluding hydrogens is 286 g/mol. The fourth-order valence-electron chi connectivity index (χ4n) is 4.21. The fraction of sp³-hybridized carbons (Fsp3) is 0.650. The molecule has 3 nitrogen and oxygen atoms in total. The number of ether oxygens (including phenoxy) is 1. The fourth-order valence-corrected chi connectivity index (χ4v) is 4.21. The van der Waals surface area contributed by atoms with Crippen LogP contribution in [0, 0.1) is 26.7 Å². The van der Waals surface area contributed by atoms with E-state index in [4.69, 9.17) is 4.74 Å². The number of hydrogen-bond acceptors (Lipinski definition) is 3. The lowest BCUT2D eigenvalue weighted by Gasteiger charge is -2.44. The molecule has 2 fully saturated rings.